The normalized spacial score (nSPS) is 17.0. The van der Waals surface area contributed by atoms with Crippen LogP contribution in [0.25, 0.3) is 0 Å². The van der Waals surface area contributed by atoms with E-state index in [9.17, 15) is 0 Å². The van der Waals surface area contributed by atoms with Crippen molar-refractivity contribution in [2.45, 2.75) is 51.7 Å². The van der Waals surface area contributed by atoms with E-state index in [4.69, 9.17) is 5.73 Å². The lowest BCUT2D eigenvalue weighted by molar-refractivity contribution is 0.334. The van der Waals surface area contributed by atoms with Crippen molar-refractivity contribution in [1.82, 2.24) is 14.9 Å². The SMILES string of the molecule is CC(C)n1c(CNC2CCC2)cnc1N. The van der Waals surface area contributed by atoms with E-state index in [1.165, 1.54) is 25.0 Å². The number of nitrogen functional groups attached to an aromatic ring is 1. The van der Waals surface area contributed by atoms with Crippen molar-refractivity contribution in [2.75, 3.05) is 5.73 Å². The maximum atomic E-state index is 5.82. The maximum absolute atomic E-state index is 5.82. The predicted molar refractivity (Wildman–Crippen MR) is 61.5 cm³/mol. The molecule has 0 saturated heterocycles. The molecule has 84 valence electrons. The molecule has 2 rings (SSSR count). The molecule has 0 aromatic carbocycles. The van der Waals surface area contributed by atoms with Gasteiger partial charge in [-0.3, -0.25) is 0 Å². The summed E-state index contributed by atoms with van der Waals surface area (Å²) in [7, 11) is 0. The van der Waals surface area contributed by atoms with E-state index in [2.05, 4.69) is 28.7 Å². The van der Waals surface area contributed by atoms with Crippen LogP contribution in [0.1, 0.15) is 44.8 Å². The average molecular weight is 208 g/mol. The Morgan fingerprint density at radius 3 is 2.87 bits per heavy atom. The molecule has 0 radical (unpaired) electrons. The van der Waals surface area contributed by atoms with Crippen LogP contribution in [0.3, 0.4) is 0 Å². The summed E-state index contributed by atoms with van der Waals surface area (Å²) in [6, 6.07) is 1.09. The second kappa shape index (κ2) is 4.23. The maximum Gasteiger partial charge on any atom is 0.200 e. The van der Waals surface area contributed by atoms with E-state index in [0.717, 1.165) is 6.54 Å². The van der Waals surface area contributed by atoms with Crippen LogP contribution in [0.4, 0.5) is 5.95 Å². The van der Waals surface area contributed by atoms with Gasteiger partial charge in [-0.1, -0.05) is 6.42 Å². The molecule has 0 spiro atoms. The number of aromatic nitrogens is 2. The van der Waals surface area contributed by atoms with Gasteiger partial charge in [0.1, 0.15) is 0 Å². The summed E-state index contributed by atoms with van der Waals surface area (Å²) >= 11 is 0. The zero-order valence-corrected chi connectivity index (χ0v) is 9.53. The summed E-state index contributed by atoms with van der Waals surface area (Å²) < 4.78 is 2.09. The van der Waals surface area contributed by atoms with Crippen LogP contribution < -0.4 is 11.1 Å². The number of imidazole rings is 1. The number of rotatable bonds is 4. The van der Waals surface area contributed by atoms with Crippen LogP contribution >= 0.6 is 0 Å². The summed E-state index contributed by atoms with van der Waals surface area (Å²) in [5, 5.41) is 3.53. The summed E-state index contributed by atoms with van der Waals surface area (Å²) in [4.78, 5) is 4.16. The van der Waals surface area contributed by atoms with E-state index in [1.54, 1.807) is 0 Å². The number of anilines is 1. The lowest BCUT2D eigenvalue weighted by Gasteiger charge is -2.27. The van der Waals surface area contributed by atoms with Crippen LogP contribution in [-0.2, 0) is 6.54 Å². The summed E-state index contributed by atoms with van der Waals surface area (Å²) in [6.45, 7) is 5.14. The third kappa shape index (κ3) is 2.15. The van der Waals surface area contributed by atoms with Gasteiger partial charge >= 0.3 is 0 Å². The van der Waals surface area contributed by atoms with Crippen molar-refractivity contribution in [2.24, 2.45) is 0 Å². The van der Waals surface area contributed by atoms with Gasteiger partial charge in [0, 0.05) is 18.6 Å². The first kappa shape index (κ1) is 10.5. The second-order valence-electron chi connectivity index (χ2n) is 4.58. The monoisotopic (exact) mass is 208 g/mol. The van der Waals surface area contributed by atoms with Gasteiger partial charge in [-0.15, -0.1) is 0 Å². The Labute approximate surface area is 90.9 Å². The van der Waals surface area contributed by atoms with Crippen LogP contribution in [0, 0.1) is 0 Å². The summed E-state index contributed by atoms with van der Waals surface area (Å²) in [6.07, 6.45) is 5.86. The highest BCUT2D eigenvalue weighted by Gasteiger charge is 2.17. The molecule has 1 fully saturated rings. The third-order valence-electron chi connectivity index (χ3n) is 3.10. The first-order valence-corrected chi connectivity index (χ1v) is 5.73. The molecular formula is C11H20N4. The number of hydrogen-bond acceptors (Lipinski definition) is 3. The minimum Gasteiger partial charge on any atom is -0.369 e. The van der Waals surface area contributed by atoms with Crippen LogP contribution in [0.15, 0.2) is 6.20 Å². The number of nitrogens with one attached hydrogen (secondary N) is 1. The number of nitrogens with two attached hydrogens (primary N) is 1. The van der Waals surface area contributed by atoms with Crippen molar-refractivity contribution < 1.29 is 0 Å². The topological polar surface area (TPSA) is 55.9 Å². The minimum atomic E-state index is 0.380. The lowest BCUT2D eigenvalue weighted by Crippen LogP contribution is -2.35. The third-order valence-corrected chi connectivity index (χ3v) is 3.10. The van der Waals surface area contributed by atoms with E-state index in [0.29, 0.717) is 18.0 Å². The number of hydrogen-bond donors (Lipinski definition) is 2. The zero-order valence-electron chi connectivity index (χ0n) is 9.53. The van der Waals surface area contributed by atoms with E-state index >= 15 is 0 Å². The van der Waals surface area contributed by atoms with E-state index in [-0.39, 0.29) is 0 Å². The Kier molecular flexibility index (Phi) is 2.95. The predicted octanol–water partition coefficient (Wildman–Crippen LogP) is 1.69. The Morgan fingerprint density at radius 2 is 2.33 bits per heavy atom. The molecule has 1 aliphatic carbocycles. The second-order valence-corrected chi connectivity index (χ2v) is 4.58. The quantitative estimate of drug-likeness (QED) is 0.791. The molecule has 0 amide bonds. The molecule has 1 heterocycles. The van der Waals surface area contributed by atoms with Gasteiger partial charge < -0.3 is 15.6 Å². The highest BCUT2D eigenvalue weighted by Crippen LogP contribution is 2.20. The van der Waals surface area contributed by atoms with Crippen molar-refractivity contribution in [3.05, 3.63) is 11.9 Å². The van der Waals surface area contributed by atoms with E-state index in [1.807, 2.05) is 6.20 Å². The molecule has 4 nitrogen and oxygen atoms in total. The smallest absolute Gasteiger partial charge is 0.200 e. The van der Waals surface area contributed by atoms with Gasteiger partial charge in [-0.05, 0) is 26.7 Å². The van der Waals surface area contributed by atoms with Gasteiger partial charge in [0.25, 0.3) is 0 Å². The van der Waals surface area contributed by atoms with Crippen molar-refractivity contribution in [1.29, 1.82) is 0 Å². The highest BCUT2D eigenvalue weighted by molar-refractivity contribution is 5.23. The van der Waals surface area contributed by atoms with Gasteiger partial charge in [-0.2, -0.15) is 0 Å². The molecule has 3 N–H and O–H groups in total. The fraction of sp³-hybridized carbons (Fsp3) is 0.727. The first-order valence-electron chi connectivity index (χ1n) is 5.73. The van der Waals surface area contributed by atoms with Crippen LogP contribution in [0.5, 0.6) is 0 Å². The molecule has 0 bridgehead atoms. The van der Waals surface area contributed by atoms with Crippen molar-refractivity contribution in [3.8, 4) is 0 Å². The van der Waals surface area contributed by atoms with Crippen molar-refractivity contribution in [3.63, 3.8) is 0 Å². The van der Waals surface area contributed by atoms with Crippen molar-refractivity contribution >= 4 is 5.95 Å². The summed E-state index contributed by atoms with van der Waals surface area (Å²) in [5.74, 6) is 0.621. The molecule has 1 aliphatic rings. The Balaban J connectivity index is 2.00. The Morgan fingerprint density at radius 1 is 1.60 bits per heavy atom. The minimum absolute atomic E-state index is 0.380. The number of nitrogens with zero attached hydrogens (tertiary/aromatic N) is 2. The van der Waals surface area contributed by atoms with Gasteiger partial charge in [-0.25, -0.2) is 4.98 Å². The molecule has 4 heteroatoms. The molecule has 0 aliphatic heterocycles. The Bertz CT molecular complexity index is 325. The largest absolute Gasteiger partial charge is 0.369 e. The highest BCUT2D eigenvalue weighted by atomic mass is 15.2. The Hall–Kier alpha value is -1.03. The molecule has 15 heavy (non-hydrogen) atoms. The fourth-order valence-electron chi connectivity index (χ4n) is 2.00. The lowest BCUT2D eigenvalue weighted by atomic mass is 9.93. The standard InChI is InChI=1S/C11H20N4/c1-8(2)15-10(7-14-11(15)12)6-13-9-4-3-5-9/h7-9,13H,3-6H2,1-2H3,(H2,12,14). The fourth-order valence-corrected chi connectivity index (χ4v) is 2.00. The molecule has 0 atom stereocenters. The van der Waals surface area contributed by atoms with Gasteiger partial charge in [0.2, 0.25) is 5.95 Å². The van der Waals surface area contributed by atoms with E-state index < -0.39 is 0 Å². The summed E-state index contributed by atoms with van der Waals surface area (Å²) in [5.41, 5.74) is 7.01. The average Bonchev–Trinajstić information content (AvgIpc) is 2.44. The molecule has 1 aromatic rings. The van der Waals surface area contributed by atoms with Gasteiger partial charge in [0.05, 0.1) is 11.9 Å². The molecule has 1 aromatic heterocycles. The first-order chi connectivity index (χ1) is 7.18. The van der Waals surface area contributed by atoms with Crippen LogP contribution in [-0.4, -0.2) is 15.6 Å². The zero-order chi connectivity index (χ0) is 10.8. The molecular weight excluding hydrogens is 188 g/mol. The van der Waals surface area contributed by atoms with Gasteiger partial charge in [0.15, 0.2) is 0 Å². The molecule has 1 saturated carbocycles. The molecule has 0 unspecified atom stereocenters. The van der Waals surface area contributed by atoms with Crippen LogP contribution in [0.2, 0.25) is 0 Å².